The highest BCUT2D eigenvalue weighted by Gasteiger charge is 2.22. The van der Waals surface area contributed by atoms with Crippen LogP contribution in [-0.2, 0) is 13.0 Å². The molecule has 29 heavy (non-hydrogen) atoms. The number of hydrogen-bond donors (Lipinski definition) is 4. The summed E-state index contributed by atoms with van der Waals surface area (Å²) in [5.74, 6) is -1.91. The van der Waals surface area contributed by atoms with Gasteiger partial charge in [-0.2, -0.15) is 0 Å². The molecule has 0 fully saturated rings. The molecule has 0 bridgehead atoms. The van der Waals surface area contributed by atoms with E-state index in [1.165, 1.54) is 5.56 Å². The van der Waals surface area contributed by atoms with Gasteiger partial charge in [0.2, 0.25) is 0 Å². The molecule has 0 spiro atoms. The monoisotopic (exact) mass is 419 g/mol. The minimum Gasteiger partial charge on any atom is -0.506 e. The highest BCUT2D eigenvalue weighted by molar-refractivity contribution is 5.93. The Morgan fingerprint density at radius 2 is 1.90 bits per heavy atom. The van der Waals surface area contributed by atoms with E-state index in [0.29, 0.717) is 23.2 Å². The number of aromatic amines is 2. The summed E-state index contributed by atoms with van der Waals surface area (Å²) in [6, 6.07) is 5.77. The van der Waals surface area contributed by atoms with E-state index in [1.807, 2.05) is 18.2 Å². The lowest BCUT2D eigenvalue weighted by atomic mass is 9.99. The van der Waals surface area contributed by atoms with Crippen LogP contribution >= 0.6 is 12.4 Å². The molecule has 0 atom stereocenters. The summed E-state index contributed by atoms with van der Waals surface area (Å²) in [5, 5.41) is 20.7. The summed E-state index contributed by atoms with van der Waals surface area (Å²) in [4.78, 5) is 31.8. The second kappa shape index (κ2) is 8.71. The SMILES string of the molecule is CCc1c(-c2ccc3c(C)c(CN(C)CC)[nH]c3c2)[nH]c(=O)c(C(=O)O)c1O.Cl. The van der Waals surface area contributed by atoms with Crippen molar-refractivity contribution >= 4 is 29.3 Å². The van der Waals surface area contributed by atoms with Gasteiger partial charge in [0.05, 0.1) is 5.69 Å². The van der Waals surface area contributed by atoms with Crippen LogP contribution in [0.2, 0.25) is 0 Å². The first kappa shape index (κ1) is 22.5. The van der Waals surface area contributed by atoms with Crippen LogP contribution in [0.25, 0.3) is 22.2 Å². The molecule has 156 valence electrons. The van der Waals surface area contributed by atoms with Crippen molar-refractivity contribution in [1.29, 1.82) is 0 Å². The lowest BCUT2D eigenvalue weighted by Gasteiger charge is -2.12. The van der Waals surface area contributed by atoms with Gasteiger partial charge >= 0.3 is 5.97 Å². The number of pyridine rings is 1. The van der Waals surface area contributed by atoms with Crippen molar-refractivity contribution in [2.24, 2.45) is 0 Å². The first-order valence-corrected chi connectivity index (χ1v) is 9.29. The number of H-pyrrole nitrogens is 2. The van der Waals surface area contributed by atoms with Crippen LogP contribution < -0.4 is 5.56 Å². The number of hydrogen-bond acceptors (Lipinski definition) is 4. The van der Waals surface area contributed by atoms with E-state index in [4.69, 9.17) is 0 Å². The van der Waals surface area contributed by atoms with Crippen LogP contribution in [0.3, 0.4) is 0 Å². The first-order chi connectivity index (χ1) is 13.3. The Bertz CT molecular complexity index is 1120. The summed E-state index contributed by atoms with van der Waals surface area (Å²) >= 11 is 0. The van der Waals surface area contributed by atoms with Crippen LogP contribution in [0.15, 0.2) is 23.0 Å². The first-order valence-electron chi connectivity index (χ1n) is 9.29. The van der Waals surface area contributed by atoms with Gasteiger partial charge in [0.25, 0.3) is 5.56 Å². The van der Waals surface area contributed by atoms with E-state index in [2.05, 4.69) is 35.8 Å². The molecule has 1 aromatic carbocycles. The number of nitrogens with zero attached hydrogens (tertiary/aromatic N) is 1. The minimum absolute atomic E-state index is 0. The molecule has 8 heteroatoms. The predicted octanol–water partition coefficient (Wildman–Crippen LogP) is 3.67. The molecule has 7 nitrogen and oxygen atoms in total. The maximum Gasteiger partial charge on any atom is 0.345 e. The molecule has 2 aromatic heterocycles. The van der Waals surface area contributed by atoms with Crippen LogP contribution in [0.4, 0.5) is 0 Å². The third-order valence-corrected chi connectivity index (χ3v) is 5.28. The van der Waals surface area contributed by atoms with E-state index in [1.54, 1.807) is 6.92 Å². The molecule has 0 aliphatic heterocycles. The fraction of sp³-hybridized carbons (Fsp3) is 0.333. The second-order valence-corrected chi connectivity index (χ2v) is 7.01. The summed E-state index contributed by atoms with van der Waals surface area (Å²) < 4.78 is 0. The van der Waals surface area contributed by atoms with E-state index in [-0.39, 0.29) is 12.4 Å². The lowest BCUT2D eigenvalue weighted by molar-refractivity contribution is 0.0691. The van der Waals surface area contributed by atoms with Crippen molar-refractivity contribution in [2.45, 2.75) is 33.7 Å². The molecule has 4 N–H and O–H groups in total. The van der Waals surface area contributed by atoms with Gasteiger partial charge in [0.1, 0.15) is 5.75 Å². The average Bonchev–Trinajstić information content (AvgIpc) is 2.95. The van der Waals surface area contributed by atoms with E-state index in [9.17, 15) is 19.8 Å². The molecule has 0 amide bonds. The Labute approximate surface area is 174 Å². The van der Waals surface area contributed by atoms with Crippen molar-refractivity contribution in [1.82, 2.24) is 14.9 Å². The second-order valence-electron chi connectivity index (χ2n) is 7.01. The number of fused-ring (bicyclic) bond motifs is 1. The number of carboxylic acids is 1. The molecule has 3 rings (SSSR count). The number of carboxylic acid groups (broad SMARTS) is 1. The summed E-state index contributed by atoms with van der Waals surface area (Å²) in [6.45, 7) is 7.72. The maximum atomic E-state index is 12.2. The number of benzene rings is 1. The van der Waals surface area contributed by atoms with Gasteiger partial charge in [-0.05, 0) is 38.6 Å². The van der Waals surface area contributed by atoms with Crippen molar-refractivity contribution in [3.63, 3.8) is 0 Å². The predicted molar refractivity (Wildman–Crippen MR) is 116 cm³/mol. The fourth-order valence-electron chi connectivity index (χ4n) is 3.51. The molecule has 3 aromatic rings. The van der Waals surface area contributed by atoms with Gasteiger partial charge in [-0.1, -0.05) is 26.0 Å². The zero-order valence-corrected chi connectivity index (χ0v) is 17.7. The zero-order valence-electron chi connectivity index (χ0n) is 16.9. The van der Waals surface area contributed by atoms with Crippen molar-refractivity contribution < 1.29 is 15.0 Å². The standard InChI is InChI=1S/C21H25N3O4.ClH/c1-5-13-18(23-20(26)17(19(13)25)21(27)28)12-7-8-14-11(3)16(10-24(4)6-2)22-15(14)9-12;/h7-9,22H,5-6,10H2,1-4H3,(H,27,28)(H2,23,25,26);1H. The normalized spacial score (nSPS) is 11.1. The molecule has 2 heterocycles. The lowest BCUT2D eigenvalue weighted by Crippen LogP contribution is -2.20. The summed E-state index contributed by atoms with van der Waals surface area (Å²) in [6.07, 6.45) is 0.382. The number of aryl methyl sites for hydroxylation is 1. The number of aromatic nitrogens is 2. The Morgan fingerprint density at radius 3 is 2.48 bits per heavy atom. The number of aromatic carboxylic acids is 1. The topological polar surface area (TPSA) is 109 Å². The van der Waals surface area contributed by atoms with Crippen molar-refractivity contribution in [2.75, 3.05) is 13.6 Å². The minimum atomic E-state index is -1.44. The molecule has 0 aliphatic carbocycles. The van der Waals surface area contributed by atoms with Gasteiger partial charge in [0.15, 0.2) is 5.56 Å². The van der Waals surface area contributed by atoms with Crippen LogP contribution in [-0.4, -0.2) is 44.6 Å². The molecule has 0 saturated carbocycles. The number of rotatable bonds is 6. The third kappa shape index (κ3) is 4.02. The van der Waals surface area contributed by atoms with Gasteiger partial charge < -0.3 is 25.1 Å². The summed E-state index contributed by atoms with van der Waals surface area (Å²) in [5.41, 5.74) is 3.36. The van der Waals surface area contributed by atoms with Crippen LogP contribution in [0, 0.1) is 6.92 Å². The number of nitrogens with one attached hydrogen (secondary N) is 2. The van der Waals surface area contributed by atoms with Crippen molar-refractivity contribution in [3.05, 3.63) is 50.9 Å². The molecule has 0 saturated heterocycles. The molecule has 0 unspecified atom stereocenters. The van der Waals surface area contributed by atoms with E-state index < -0.39 is 22.8 Å². The van der Waals surface area contributed by atoms with Gasteiger partial charge in [-0.25, -0.2) is 4.79 Å². The molecule has 0 radical (unpaired) electrons. The third-order valence-electron chi connectivity index (χ3n) is 5.28. The fourth-order valence-corrected chi connectivity index (χ4v) is 3.51. The van der Waals surface area contributed by atoms with E-state index >= 15 is 0 Å². The molecule has 0 aliphatic rings. The Kier molecular flexibility index (Phi) is 6.77. The number of aromatic hydroxyl groups is 1. The average molecular weight is 420 g/mol. The smallest absolute Gasteiger partial charge is 0.345 e. The number of carbonyl (C=O) groups is 1. The zero-order chi connectivity index (χ0) is 20.6. The highest BCUT2D eigenvalue weighted by Crippen LogP contribution is 2.32. The Morgan fingerprint density at radius 1 is 1.21 bits per heavy atom. The Balaban J connectivity index is 0.00000300. The molecular weight excluding hydrogens is 394 g/mol. The van der Waals surface area contributed by atoms with Gasteiger partial charge in [-0.15, -0.1) is 12.4 Å². The van der Waals surface area contributed by atoms with Gasteiger partial charge in [0, 0.05) is 34.3 Å². The Hall–Kier alpha value is -2.77. The highest BCUT2D eigenvalue weighted by atomic mass is 35.5. The van der Waals surface area contributed by atoms with E-state index in [0.717, 1.165) is 29.7 Å². The van der Waals surface area contributed by atoms with Crippen LogP contribution in [0.1, 0.15) is 41.0 Å². The largest absolute Gasteiger partial charge is 0.506 e. The summed E-state index contributed by atoms with van der Waals surface area (Å²) in [7, 11) is 2.06. The maximum absolute atomic E-state index is 12.2. The van der Waals surface area contributed by atoms with Crippen LogP contribution in [0.5, 0.6) is 5.75 Å². The van der Waals surface area contributed by atoms with Crippen molar-refractivity contribution in [3.8, 4) is 17.0 Å². The molecular formula is C21H26ClN3O4. The quantitative estimate of drug-likeness (QED) is 0.487. The number of halogens is 1. The van der Waals surface area contributed by atoms with Gasteiger partial charge in [-0.3, -0.25) is 4.79 Å².